The second kappa shape index (κ2) is 9.50. The van der Waals surface area contributed by atoms with Crippen molar-refractivity contribution in [1.29, 1.82) is 0 Å². The third kappa shape index (κ3) is 5.31. The van der Waals surface area contributed by atoms with Gasteiger partial charge < -0.3 is 9.47 Å². The number of benzene rings is 2. The number of nitro groups is 1. The molecule has 10 heteroatoms. The quantitative estimate of drug-likeness (QED) is 0.419. The number of aryl methyl sites for hydroxylation is 1. The van der Waals surface area contributed by atoms with Crippen molar-refractivity contribution in [3.8, 4) is 5.75 Å². The minimum Gasteiger partial charge on any atom is -0.481 e. The van der Waals surface area contributed by atoms with Gasteiger partial charge in [0, 0.05) is 17.7 Å². The number of ether oxygens (including phenoxy) is 2. The highest BCUT2D eigenvalue weighted by Gasteiger charge is 2.20. The van der Waals surface area contributed by atoms with Crippen molar-refractivity contribution in [3.63, 3.8) is 0 Å². The van der Waals surface area contributed by atoms with Gasteiger partial charge in [0.1, 0.15) is 5.75 Å². The van der Waals surface area contributed by atoms with Crippen LogP contribution in [0.25, 0.3) is 0 Å². The zero-order chi connectivity index (χ0) is 22.4. The second-order valence-electron chi connectivity index (χ2n) is 6.42. The van der Waals surface area contributed by atoms with Gasteiger partial charge in [0.15, 0.2) is 6.10 Å². The Labute approximate surface area is 172 Å². The summed E-state index contributed by atoms with van der Waals surface area (Å²) in [7, 11) is 1.11. The summed E-state index contributed by atoms with van der Waals surface area (Å²) < 4.78 is 10.2. The first-order valence-corrected chi connectivity index (χ1v) is 8.85. The molecule has 10 nitrogen and oxygen atoms in total. The molecule has 0 saturated heterocycles. The highest BCUT2D eigenvalue weighted by molar-refractivity contribution is 5.99. The molecule has 0 aliphatic heterocycles. The van der Waals surface area contributed by atoms with E-state index in [4.69, 9.17) is 4.74 Å². The summed E-state index contributed by atoms with van der Waals surface area (Å²) in [6.07, 6.45) is -0.929. The highest BCUT2D eigenvalue weighted by atomic mass is 16.6. The first kappa shape index (κ1) is 22.3. The summed E-state index contributed by atoms with van der Waals surface area (Å²) in [4.78, 5) is 46.6. The molecule has 2 N–H and O–H groups in total. The number of methoxy groups -OCH3 is 1. The van der Waals surface area contributed by atoms with E-state index in [0.29, 0.717) is 5.75 Å². The van der Waals surface area contributed by atoms with Crippen LogP contribution in [0.3, 0.4) is 0 Å². The lowest BCUT2D eigenvalue weighted by atomic mass is 10.1. The van der Waals surface area contributed by atoms with Crippen molar-refractivity contribution in [2.24, 2.45) is 0 Å². The number of carbonyl (C=O) groups excluding carboxylic acids is 3. The number of hydrogen-bond acceptors (Lipinski definition) is 7. The molecule has 2 amide bonds. The van der Waals surface area contributed by atoms with E-state index >= 15 is 0 Å². The zero-order valence-corrected chi connectivity index (χ0v) is 16.8. The number of nitrogens with one attached hydrogen (secondary N) is 2. The lowest BCUT2D eigenvalue weighted by Crippen LogP contribution is -2.47. The van der Waals surface area contributed by atoms with Gasteiger partial charge in [-0.1, -0.05) is 12.1 Å². The van der Waals surface area contributed by atoms with Crippen LogP contribution in [0.4, 0.5) is 5.69 Å². The number of carbonyl (C=O) groups is 3. The largest absolute Gasteiger partial charge is 0.481 e. The Morgan fingerprint density at radius 1 is 1.07 bits per heavy atom. The van der Waals surface area contributed by atoms with Crippen LogP contribution in [-0.4, -0.2) is 35.9 Å². The molecule has 0 aromatic heterocycles. The molecular formula is C20H21N3O7. The molecule has 0 aliphatic carbocycles. The Hall–Kier alpha value is -3.95. The molecule has 2 rings (SSSR count). The van der Waals surface area contributed by atoms with Gasteiger partial charge in [-0.05, 0) is 44.0 Å². The Balaban J connectivity index is 2.08. The number of hydrazine groups is 1. The topological polar surface area (TPSA) is 137 Å². The van der Waals surface area contributed by atoms with Gasteiger partial charge in [0.05, 0.1) is 17.6 Å². The maximum atomic E-state index is 12.3. The van der Waals surface area contributed by atoms with Crippen LogP contribution in [0, 0.1) is 24.0 Å². The second-order valence-corrected chi connectivity index (χ2v) is 6.42. The van der Waals surface area contributed by atoms with E-state index in [0.717, 1.165) is 36.4 Å². The van der Waals surface area contributed by atoms with Gasteiger partial charge in [-0.15, -0.1) is 0 Å². The first-order chi connectivity index (χ1) is 14.1. The van der Waals surface area contributed by atoms with Crippen molar-refractivity contribution in [3.05, 3.63) is 68.8 Å². The number of rotatable bonds is 6. The smallest absolute Gasteiger partial charge is 0.338 e. The highest BCUT2D eigenvalue weighted by Crippen LogP contribution is 2.22. The summed E-state index contributed by atoms with van der Waals surface area (Å²) in [5, 5.41) is 11.1. The van der Waals surface area contributed by atoms with Crippen molar-refractivity contribution in [2.75, 3.05) is 7.11 Å². The van der Waals surface area contributed by atoms with Gasteiger partial charge in [-0.25, -0.2) is 4.79 Å². The Morgan fingerprint density at radius 3 is 2.37 bits per heavy atom. The van der Waals surface area contributed by atoms with Crippen LogP contribution >= 0.6 is 0 Å². The van der Waals surface area contributed by atoms with Gasteiger partial charge >= 0.3 is 5.97 Å². The van der Waals surface area contributed by atoms with Crippen LogP contribution in [0.5, 0.6) is 5.75 Å². The first-order valence-electron chi connectivity index (χ1n) is 8.85. The number of non-ortho nitro benzene ring substituents is 1. The van der Waals surface area contributed by atoms with Gasteiger partial charge in [0.2, 0.25) is 0 Å². The Bertz CT molecular complexity index is 1000. The molecular weight excluding hydrogens is 394 g/mol. The van der Waals surface area contributed by atoms with E-state index < -0.39 is 34.5 Å². The molecule has 0 saturated carbocycles. The summed E-state index contributed by atoms with van der Waals surface area (Å²) in [5.74, 6) is -1.79. The van der Waals surface area contributed by atoms with E-state index in [1.807, 2.05) is 19.9 Å². The van der Waals surface area contributed by atoms with Gasteiger partial charge in [0.25, 0.3) is 17.5 Å². The molecule has 158 valence electrons. The lowest BCUT2D eigenvalue weighted by molar-refractivity contribution is -0.384. The number of esters is 1. The van der Waals surface area contributed by atoms with E-state index in [-0.39, 0.29) is 11.1 Å². The van der Waals surface area contributed by atoms with Crippen molar-refractivity contribution in [2.45, 2.75) is 26.9 Å². The molecule has 0 spiro atoms. The standard InChI is InChI=1S/C20H21N3O7/c1-11-6-5-7-17(12(11)2)30-13(3)18(24)21-22-19(25)14-8-15(20(26)29-4)10-16(9-14)23(27)28/h5-10,13H,1-4H3,(H,21,24)(H,22,25)/t13-/m1/s1. The predicted octanol–water partition coefficient (Wildman–Crippen LogP) is 2.23. The van der Waals surface area contributed by atoms with Crippen LogP contribution in [0.2, 0.25) is 0 Å². The summed E-state index contributed by atoms with van der Waals surface area (Å²) in [6, 6.07) is 8.52. The van der Waals surface area contributed by atoms with Gasteiger partial charge in [-0.3, -0.25) is 30.6 Å². The van der Waals surface area contributed by atoms with Crippen molar-refractivity contribution in [1.82, 2.24) is 10.9 Å². The molecule has 30 heavy (non-hydrogen) atoms. The average molecular weight is 415 g/mol. The number of nitro benzene ring substituents is 1. The van der Waals surface area contributed by atoms with Crippen LogP contribution in [0.15, 0.2) is 36.4 Å². The van der Waals surface area contributed by atoms with Crippen LogP contribution < -0.4 is 15.6 Å². The minimum absolute atomic E-state index is 0.171. The van der Waals surface area contributed by atoms with Crippen molar-refractivity contribution < 1.29 is 28.8 Å². The molecule has 0 fully saturated rings. The van der Waals surface area contributed by atoms with Crippen LogP contribution in [0.1, 0.15) is 38.8 Å². The summed E-state index contributed by atoms with van der Waals surface area (Å²) in [6.45, 7) is 5.28. The number of hydrogen-bond donors (Lipinski definition) is 2. The predicted molar refractivity (Wildman–Crippen MR) is 106 cm³/mol. The molecule has 1 atom stereocenters. The maximum absolute atomic E-state index is 12.3. The lowest BCUT2D eigenvalue weighted by Gasteiger charge is -2.17. The summed E-state index contributed by atoms with van der Waals surface area (Å²) >= 11 is 0. The minimum atomic E-state index is -0.929. The SMILES string of the molecule is COC(=O)c1cc(C(=O)NNC(=O)[C@@H](C)Oc2cccc(C)c2C)cc([N+](=O)[O-])c1. The maximum Gasteiger partial charge on any atom is 0.338 e. The Kier molecular flexibility index (Phi) is 7.08. The van der Waals surface area contributed by atoms with E-state index in [1.54, 1.807) is 12.1 Å². The number of nitrogens with zero attached hydrogens (tertiary/aromatic N) is 1. The fourth-order valence-electron chi connectivity index (χ4n) is 2.47. The normalized spacial score (nSPS) is 11.2. The van der Waals surface area contributed by atoms with Crippen LogP contribution in [-0.2, 0) is 9.53 Å². The monoisotopic (exact) mass is 415 g/mol. The molecule has 0 aliphatic rings. The van der Waals surface area contributed by atoms with E-state index in [9.17, 15) is 24.5 Å². The zero-order valence-electron chi connectivity index (χ0n) is 16.8. The van der Waals surface area contributed by atoms with E-state index in [1.165, 1.54) is 6.92 Å². The summed E-state index contributed by atoms with van der Waals surface area (Å²) in [5.41, 5.74) is 5.38. The molecule has 2 aromatic carbocycles. The Morgan fingerprint density at radius 2 is 1.73 bits per heavy atom. The third-order valence-electron chi connectivity index (χ3n) is 4.34. The fraction of sp³-hybridized carbons (Fsp3) is 0.250. The fourth-order valence-corrected chi connectivity index (χ4v) is 2.47. The average Bonchev–Trinajstić information content (AvgIpc) is 2.73. The molecule has 0 unspecified atom stereocenters. The van der Waals surface area contributed by atoms with Gasteiger partial charge in [-0.2, -0.15) is 0 Å². The molecule has 0 bridgehead atoms. The molecule has 0 heterocycles. The van der Waals surface area contributed by atoms with E-state index in [2.05, 4.69) is 15.6 Å². The van der Waals surface area contributed by atoms with Crippen molar-refractivity contribution >= 4 is 23.5 Å². The molecule has 2 aromatic rings. The number of amides is 2. The molecule has 0 radical (unpaired) electrons. The third-order valence-corrected chi connectivity index (χ3v) is 4.34.